The Morgan fingerprint density at radius 1 is 1.35 bits per heavy atom. The lowest BCUT2D eigenvalue weighted by molar-refractivity contribution is -0.108. The molecule has 3 heteroatoms. The van der Waals surface area contributed by atoms with Crippen molar-refractivity contribution in [1.29, 1.82) is 0 Å². The van der Waals surface area contributed by atoms with Gasteiger partial charge < -0.3 is 4.79 Å². The second kappa shape index (κ2) is 4.96. The number of aromatic nitrogens is 1. The molecule has 17 heavy (non-hydrogen) atoms. The number of benzene rings is 1. The molecular weight excluding hydrogens is 230 g/mol. The van der Waals surface area contributed by atoms with E-state index in [1.165, 1.54) is 15.3 Å². The normalized spacial score (nSPS) is 13.2. The van der Waals surface area contributed by atoms with Gasteiger partial charge in [0.05, 0.1) is 15.2 Å². The molecule has 0 spiro atoms. The fourth-order valence-corrected chi connectivity index (χ4v) is 2.75. The zero-order chi connectivity index (χ0) is 12.4. The molecule has 1 aromatic heterocycles. The van der Waals surface area contributed by atoms with Gasteiger partial charge in [-0.1, -0.05) is 26.8 Å². The van der Waals surface area contributed by atoms with Crippen molar-refractivity contribution >= 4 is 27.8 Å². The first-order chi connectivity index (χ1) is 8.11. The van der Waals surface area contributed by atoms with Gasteiger partial charge in [0, 0.05) is 12.3 Å². The maximum atomic E-state index is 10.5. The predicted octanol–water partition coefficient (Wildman–Crippen LogP) is 4.11. The van der Waals surface area contributed by atoms with Crippen molar-refractivity contribution in [3.05, 3.63) is 28.8 Å². The summed E-state index contributed by atoms with van der Waals surface area (Å²) in [6.07, 6.45) is 1.56. The number of aldehydes is 1. The van der Waals surface area contributed by atoms with E-state index >= 15 is 0 Å². The highest BCUT2D eigenvalue weighted by atomic mass is 32.1. The standard InChI is InChI=1S/C14H17NOS/c1-9(2)14-15-12-8-11(10(3)6-7-16)4-5-13(12)17-14/h4-5,7-10H,6H2,1-3H3. The van der Waals surface area contributed by atoms with Crippen LogP contribution < -0.4 is 0 Å². The number of hydrogen-bond acceptors (Lipinski definition) is 3. The Morgan fingerprint density at radius 3 is 2.76 bits per heavy atom. The molecule has 0 N–H and O–H groups in total. The molecule has 0 aliphatic heterocycles. The van der Waals surface area contributed by atoms with Gasteiger partial charge in [0.15, 0.2) is 0 Å². The zero-order valence-corrected chi connectivity index (χ0v) is 11.3. The van der Waals surface area contributed by atoms with E-state index in [0.717, 1.165) is 11.8 Å². The van der Waals surface area contributed by atoms with E-state index in [9.17, 15) is 4.79 Å². The van der Waals surface area contributed by atoms with Crippen molar-refractivity contribution in [1.82, 2.24) is 4.98 Å². The van der Waals surface area contributed by atoms with Crippen LogP contribution in [-0.2, 0) is 4.79 Å². The minimum Gasteiger partial charge on any atom is -0.303 e. The summed E-state index contributed by atoms with van der Waals surface area (Å²) in [6, 6.07) is 6.35. The average molecular weight is 247 g/mol. The minimum atomic E-state index is 0.279. The SMILES string of the molecule is CC(C)c1nc2cc(C(C)CC=O)ccc2s1. The minimum absolute atomic E-state index is 0.279. The van der Waals surface area contributed by atoms with Crippen molar-refractivity contribution < 1.29 is 4.79 Å². The maximum Gasteiger partial charge on any atom is 0.120 e. The number of rotatable bonds is 4. The molecule has 0 radical (unpaired) electrons. The zero-order valence-electron chi connectivity index (χ0n) is 10.4. The molecule has 1 heterocycles. The molecule has 0 aliphatic rings. The maximum absolute atomic E-state index is 10.5. The molecule has 0 aliphatic carbocycles. The smallest absolute Gasteiger partial charge is 0.120 e. The molecular formula is C14H17NOS. The topological polar surface area (TPSA) is 30.0 Å². The van der Waals surface area contributed by atoms with Crippen molar-refractivity contribution in [2.75, 3.05) is 0 Å². The molecule has 0 saturated heterocycles. The summed E-state index contributed by atoms with van der Waals surface area (Å²) < 4.78 is 1.23. The number of carbonyl (C=O) groups is 1. The van der Waals surface area contributed by atoms with Crippen LogP contribution in [0.3, 0.4) is 0 Å². The quantitative estimate of drug-likeness (QED) is 0.761. The first-order valence-electron chi connectivity index (χ1n) is 5.96. The molecule has 1 aromatic carbocycles. The van der Waals surface area contributed by atoms with Crippen LogP contribution in [0, 0.1) is 0 Å². The average Bonchev–Trinajstić information content (AvgIpc) is 2.71. The Morgan fingerprint density at radius 2 is 2.12 bits per heavy atom. The van der Waals surface area contributed by atoms with Gasteiger partial charge in [-0.25, -0.2) is 4.98 Å². The molecule has 2 aromatic rings. The summed E-state index contributed by atoms with van der Waals surface area (Å²) in [5.41, 5.74) is 2.26. The summed E-state index contributed by atoms with van der Waals surface area (Å²) in [6.45, 7) is 6.40. The van der Waals surface area contributed by atoms with Gasteiger partial charge in [-0.3, -0.25) is 0 Å². The van der Waals surface area contributed by atoms with E-state index in [1.54, 1.807) is 11.3 Å². The van der Waals surface area contributed by atoms with Crippen LogP contribution in [0.15, 0.2) is 18.2 Å². The van der Waals surface area contributed by atoms with Gasteiger partial charge in [0.1, 0.15) is 6.29 Å². The van der Waals surface area contributed by atoms with Crippen LogP contribution >= 0.6 is 11.3 Å². The number of nitrogens with zero attached hydrogens (tertiary/aromatic N) is 1. The third-order valence-corrected chi connectivity index (χ3v) is 4.28. The van der Waals surface area contributed by atoms with Crippen LogP contribution in [0.5, 0.6) is 0 Å². The highest BCUT2D eigenvalue weighted by Crippen LogP contribution is 2.30. The van der Waals surface area contributed by atoms with Crippen molar-refractivity contribution in [3.63, 3.8) is 0 Å². The molecule has 2 nitrogen and oxygen atoms in total. The van der Waals surface area contributed by atoms with Gasteiger partial charge >= 0.3 is 0 Å². The summed E-state index contributed by atoms with van der Waals surface area (Å²) in [5, 5.41) is 1.18. The molecule has 2 rings (SSSR count). The third-order valence-electron chi connectivity index (χ3n) is 2.94. The Labute approximate surface area is 106 Å². The second-order valence-electron chi connectivity index (χ2n) is 4.74. The Hall–Kier alpha value is -1.22. The van der Waals surface area contributed by atoms with E-state index in [4.69, 9.17) is 0 Å². The van der Waals surface area contributed by atoms with Crippen LogP contribution in [0.2, 0.25) is 0 Å². The van der Waals surface area contributed by atoms with Crippen molar-refractivity contribution in [3.8, 4) is 0 Å². The van der Waals surface area contributed by atoms with Crippen LogP contribution in [0.4, 0.5) is 0 Å². The molecule has 90 valence electrons. The van der Waals surface area contributed by atoms with Crippen LogP contribution in [-0.4, -0.2) is 11.3 Å². The van der Waals surface area contributed by atoms with E-state index in [0.29, 0.717) is 12.3 Å². The highest BCUT2D eigenvalue weighted by Gasteiger charge is 2.10. The predicted molar refractivity (Wildman–Crippen MR) is 72.8 cm³/mol. The summed E-state index contributed by atoms with van der Waals surface area (Å²) in [5.74, 6) is 0.754. The summed E-state index contributed by atoms with van der Waals surface area (Å²) >= 11 is 1.76. The van der Waals surface area contributed by atoms with Gasteiger partial charge in [-0.05, 0) is 23.6 Å². The van der Waals surface area contributed by atoms with E-state index < -0.39 is 0 Å². The molecule has 0 saturated carbocycles. The lowest BCUT2D eigenvalue weighted by atomic mass is 9.98. The fourth-order valence-electron chi connectivity index (χ4n) is 1.80. The van der Waals surface area contributed by atoms with Gasteiger partial charge in [0.2, 0.25) is 0 Å². The monoisotopic (exact) mass is 247 g/mol. The Kier molecular flexibility index (Phi) is 3.57. The Bertz CT molecular complexity index is 530. The first kappa shape index (κ1) is 12.2. The van der Waals surface area contributed by atoms with Crippen LogP contribution in [0.25, 0.3) is 10.2 Å². The van der Waals surface area contributed by atoms with Crippen molar-refractivity contribution in [2.45, 2.75) is 39.0 Å². The molecule has 1 atom stereocenters. The van der Waals surface area contributed by atoms with E-state index in [-0.39, 0.29) is 5.92 Å². The Balaban J connectivity index is 2.39. The third kappa shape index (κ3) is 2.55. The summed E-state index contributed by atoms with van der Waals surface area (Å²) in [4.78, 5) is 15.2. The highest BCUT2D eigenvalue weighted by molar-refractivity contribution is 7.18. The molecule has 0 amide bonds. The number of carbonyl (C=O) groups excluding carboxylic acids is 1. The number of hydrogen-bond donors (Lipinski definition) is 0. The largest absolute Gasteiger partial charge is 0.303 e. The lowest BCUT2D eigenvalue weighted by Gasteiger charge is -2.07. The summed E-state index contributed by atoms with van der Waals surface area (Å²) in [7, 11) is 0. The molecule has 0 bridgehead atoms. The van der Waals surface area contributed by atoms with E-state index in [2.05, 4.69) is 44.0 Å². The molecule has 1 unspecified atom stereocenters. The van der Waals surface area contributed by atoms with Gasteiger partial charge in [0.25, 0.3) is 0 Å². The van der Waals surface area contributed by atoms with Gasteiger partial charge in [-0.2, -0.15) is 0 Å². The fraction of sp³-hybridized carbons (Fsp3) is 0.429. The van der Waals surface area contributed by atoms with Crippen molar-refractivity contribution in [2.24, 2.45) is 0 Å². The van der Waals surface area contributed by atoms with Gasteiger partial charge in [-0.15, -0.1) is 11.3 Å². The first-order valence-corrected chi connectivity index (χ1v) is 6.77. The number of fused-ring (bicyclic) bond motifs is 1. The van der Waals surface area contributed by atoms with Crippen LogP contribution in [0.1, 0.15) is 49.6 Å². The lowest BCUT2D eigenvalue weighted by Crippen LogP contribution is -1.93. The number of thiazole rings is 1. The van der Waals surface area contributed by atoms with E-state index in [1.807, 2.05) is 0 Å². The second-order valence-corrected chi connectivity index (χ2v) is 5.80. The molecule has 0 fully saturated rings.